The predicted octanol–water partition coefficient (Wildman–Crippen LogP) is 7.12. The lowest BCUT2D eigenvalue weighted by molar-refractivity contribution is -0.945. The highest BCUT2D eigenvalue weighted by Gasteiger charge is 2.49. The van der Waals surface area contributed by atoms with Gasteiger partial charge in [-0.3, -0.25) is 0 Å². The highest BCUT2D eigenvalue weighted by atomic mass is 32.2. The lowest BCUT2D eigenvalue weighted by atomic mass is 9.68. The van der Waals surface area contributed by atoms with Gasteiger partial charge in [0.05, 0.1) is 64.6 Å². The van der Waals surface area contributed by atoms with E-state index in [1.165, 1.54) is 26.1 Å². The van der Waals surface area contributed by atoms with Crippen molar-refractivity contribution in [3.63, 3.8) is 0 Å². The zero-order chi connectivity index (χ0) is 34.9. The molecule has 2 aromatic carbocycles. The van der Waals surface area contributed by atoms with Crippen LogP contribution in [0.25, 0.3) is 0 Å². The Kier molecular flexibility index (Phi) is 14.2. The molecule has 266 valence electrons. The number of nitrogens with zero attached hydrogens (tertiary/aromatic N) is 3. The van der Waals surface area contributed by atoms with Crippen LogP contribution in [0.4, 0.5) is 5.69 Å². The van der Waals surface area contributed by atoms with Crippen molar-refractivity contribution in [2.24, 2.45) is 5.41 Å². The minimum absolute atomic E-state index is 0.0147. The smallest absolute Gasteiger partial charge is 0.179 e. The molecular weight excluding hydrogens is 607 g/mol. The molecule has 3 rings (SSSR count). The first-order valence-electron chi connectivity index (χ1n) is 18.2. The van der Waals surface area contributed by atoms with Gasteiger partial charge in [-0.1, -0.05) is 51.7 Å². The number of sulfone groups is 1. The SMILES string of the molecule is CCCCC1(CCCC)CS(=O)(=O)c2ccc(N(C)C)cc2[C@@H](c2ccc(OCCCCC[N+](C)(C)CC[N+](C)(C)CC)cc2)C1O. The second-order valence-corrected chi connectivity index (χ2v) is 17.7. The Morgan fingerprint density at radius 1 is 0.830 bits per heavy atom. The van der Waals surface area contributed by atoms with E-state index in [1.807, 2.05) is 55.4 Å². The molecule has 0 aliphatic carbocycles. The zero-order valence-corrected chi connectivity index (χ0v) is 32.0. The number of aliphatic hydroxyl groups is 1. The lowest BCUT2D eigenvalue weighted by Crippen LogP contribution is -2.51. The summed E-state index contributed by atoms with van der Waals surface area (Å²) in [5.41, 5.74) is 1.85. The van der Waals surface area contributed by atoms with Gasteiger partial charge in [-0.2, -0.15) is 0 Å². The molecule has 0 aromatic heterocycles. The molecule has 2 aromatic rings. The topological polar surface area (TPSA) is 66.8 Å². The van der Waals surface area contributed by atoms with Gasteiger partial charge in [0.15, 0.2) is 9.84 Å². The molecule has 1 heterocycles. The van der Waals surface area contributed by atoms with Crippen LogP contribution in [0.15, 0.2) is 47.4 Å². The number of anilines is 1. The van der Waals surface area contributed by atoms with Crippen LogP contribution in [-0.4, -0.2) is 109 Å². The largest absolute Gasteiger partial charge is 0.494 e. The molecule has 8 heteroatoms. The molecule has 1 N–H and O–H groups in total. The van der Waals surface area contributed by atoms with E-state index in [0.717, 1.165) is 71.0 Å². The number of hydrogen-bond donors (Lipinski definition) is 1. The Balaban J connectivity index is 1.78. The Bertz CT molecular complexity index is 1350. The Labute approximate surface area is 288 Å². The number of ether oxygens (including phenoxy) is 1. The molecule has 0 saturated carbocycles. The van der Waals surface area contributed by atoms with Crippen LogP contribution in [0.3, 0.4) is 0 Å². The van der Waals surface area contributed by atoms with Crippen molar-refractivity contribution in [1.82, 2.24) is 0 Å². The van der Waals surface area contributed by atoms with Gasteiger partial charge in [0.2, 0.25) is 0 Å². The van der Waals surface area contributed by atoms with Crippen LogP contribution in [0.2, 0.25) is 0 Å². The number of hydrogen-bond acceptors (Lipinski definition) is 5. The van der Waals surface area contributed by atoms with Gasteiger partial charge in [-0.05, 0) is 80.5 Å². The summed E-state index contributed by atoms with van der Waals surface area (Å²) in [5, 5.41) is 12.4. The van der Waals surface area contributed by atoms with Crippen LogP contribution in [0, 0.1) is 5.41 Å². The van der Waals surface area contributed by atoms with Gasteiger partial charge in [-0.25, -0.2) is 8.42 Å². The molecule has 7 nitrogen and oxygen atoms in total. The highest BCUT2D eigenvalue weighted by molar-refractivity contribution is 7.91. The van der Waals surface area contributed by atoms with Gasteiger partial charge in [0.1, 0.15) is 18.8 Å². The van der Waals surface area contributed by atoms with Crippen LogP contribution in [-0.2, 0) is 9.84 Å². The number of aliphatic hydroxyl groups excluding tert-OH is 1. The Hall–Kier alpha value is -2.13. The fourth-order valence-electron chi connectivity index (χ4n) is 6.98. The number of quaternary nitrogens is 2. The molecule has 0 spiro atoms. The van der Waals surface area contributed by atoms with E-state index >= 15 is 0 Å². The van der Waals surface area contributed by atoms with E-state index in [1.54, 1.807) is 6.07 Å². The molecular formula is C39H67N3O4S+2. The minimum Gasteiger partial charge on any atom is -0.494 e. The molecule has 1 aliphatic rings. The van der Waals surface area contributed by atoms with E-state index in [-0.39, 0.29) is 5.75 Å². The van der Waals surface area contributed by atoms with Gasteiger partial charge in [0, 0.05) is 31.1 Å². The summed E-state index contributed by atoms with van der Waals surface area (Å²) in [4.78, 5) is 2.35. The first-order valence-corrected chi connectivity index (χ1v) is 19.8. The lowest BCUT2D eigenvalue weighted by Gasteiger charge is -2.40. The maximum absolute atomic E-state index is 14.1. The third kappa shape index (κ3) is 10.7. The number of unbranched alkanes of at least 4 members (excludes halogenated alkanes) is 4. The second-order valence-electron chi connectivity index (χ2n) is 15.7. The maximum atomic E-state index is 14.1. The van der Waals surface area contributed by atoms with Crippen LogP contribution in [0.1, 0.15) is 95.6 Å². The van der Waals surface area contributed by atoms with E-state index < -0.39 is 27.3 Å². The average molecular weight is 674 g/mol. The summed E-state index contributed by atoms with van der Waals surface area (Å²) in [6.07, 6.45) is 7.60. The molecule has 0 amide bonds. The average Bonchev–Trinajstić information content (AvgIpc) is 3.10. The zero-order valence-electron chi connectivity index (χ0n) is 31.2. The van der Waals surface area contributed by atoms with Crippen LogP contribution < -0.4 is 9.64 Å². The summed E-state index contributed by atoms with van der Waals surface area (Å²) < 4.78 is 36.4. The highest BCUT2D eigenvalue weighted by Crippen LogP contribution is 2.50. The standard InChI is InChI=1S/C39H67N3O4S/c1-10-13-24-39(25-14-11-2)31-47(44,45)36-23-20-33(40(4)5)30-35(36)37(38(39)43)32-18-21-34(22-19-32)46-29-17-15-16-26-42(8,9)28-27-41(6,7)12-3/h18-23,30,37-38,43H,10-17,24-29,31H2,1-9H3/q+2/t37-,38?/m1/s1. The number of rotatable bonds is 19. The molecule has 0 radical (unpaired) electrons. The minimum atomic E-state index is -3.62. The van der Waals surface area contributed by atoms with Gasteiger partial charge < -0.3 is 23.7 Å². The third-order valence-electron chi connectivity index (χ3n) is 10.7. The van der Waals surface area contributed by atoms with Gasteiger partial charge >= 0.3 is 0 Å². The van der Waals surface area contributed by atoms with Crippen molar-refractivity contribution >= 4 is 15.5 Å². The fourth-order valence-corrected chi connectivity index (χ4v) is 9.17. The Morgan fingerprint density at radius 2 is 1.45 bits per heavy atom. The summed E-state index contributed by atoms with van der Waals surface area (Å²) in [5.74, 6) is 0.345. The fraction of sp³-hybridized carbons (Fsp3) is 0.692. The van der Waals surface area contributed by atoms with E-state index in [0.29, 0.717) is 29.9 Å². The summed E-state index contributed by atoms with van der Waals surface area (Å²) in [7, 11) is 9.60. The molecule has 47 heavy (non-hydrogen) atoms. The van der Waals surface area contributed by atoms with Gasteiger partial charge in [0.25, 0.3) is 0 Å². The van der Waals surface area contributed by atoms with Crippen LogP contribution in [0.5, 0.6) is 5.75 Å². The normalized spacial score (nSPS) is 19.2. The monoisotopic (exact) mass is 673 g/mol. The van der Waals surface area contributed by atoms with Crippen molar-refractivity contribution in [2.45, 2.75) is 95.5 Å². The van der Waals surface area contributed by atoms with Crippen LogP contribution >= 0.6 is 0 Å². The van der Waals surface area contributed by atoms with Crippen molar-refractivity contribution in [2.75, 3.05) is 85.7 Å². The number of benzene rings is 2. The van der Waals surface area contributed by atoms with Crippen molar-refractivity contribution in [3.8, 4) is 5.75 Å². The van der Waals surface area contributed by atoms with Crippen molar-refractivity contribution in [3.05, 3.63) is 53.6 Å². The predicted molar refractivity (Wildman–Crippen MR) is 197 cm³/mol. The molecule has 2 atom stereocenters. The van der Waals surface area contributed by atoms with Crippen molar-refractivity contribution in [1.29, 1.82) is 0 Å². The van der Waals surface area contributed by atoms with Gasteiger partial charge in [-0.15, -0.1) is 0 Å². The molecule has 0 bridgehead atoms. The van der Waals surface area contributed by atoms with Crippen molar-refractivity contribution < 1.29 is 27.2 Å². The summed E-state index contributed by atoms with van der Waals surface area (Å²) >= 11 is 0. The molecule has 1 aliphatic heterocycles. The first-order chi connectivity index (χ1) is 22.1. The van der Waals surface area contributed by atoms with E-state index in [4.69, 9.17) is 4.74 Å². The molecule has 1 unspecified atom stereocenters. The third-order valence-corrected chi connectivity index (χ3v) is 12.7. The Morgan fingerprint density at radius 3 is 2.02 bits per heavy atom. The quantitative estimate of drug-likeness (QED) is 0.127. The summed E-state index contributed by atoms with van der Waals surface area (Å²) in [6, 6.07) is 13.7. The van der Waals surface area contributed by atoms with E-state index in [9.17, 15) is 13.5 Å². The maximum Gasteiger partial charge on any atom is 0.179 e. The molecule has 0 saturated heterocycles. The number of likely N-dealkylation sites (N-methyl/N-ethyl adjacent to an activating group) is 2. The first kappa shape index (κ1) is 39.3. The summed E-state index contributed by atoms with van der Waals surface area (Å²) in [6.45, 7) is 11.9. The van der Waals surface area contributed by atoms with E-state index in [2.05, 4.69) is 49.0 Å². The molecule has 0 fully saturated rings. The number of fused-ring (bicyclic) bond motifs is 1. The second kappa shape index (κ2) is 17.0.